The first-order valence-corrected chi connectivity index (χ1v) is 6.51. The van der Waals surface area contributed by atoms with Crippen LogP contribution in [0.5, 0.6) is 6.01 Å². The number of benzene rings is 1. The first-order chi connectivity index (χ1) is 9.08. The van der Waals surface area contributed by atoms with Gasteiger partial charge in [-0.2, -0.15) is 15.0 Å². The van der Waals surface area contributed by atoms with Crippen LogP contribution >= 0.6 is 11.6 Å². The van der Waals surface area contributed by atoms with Crippen molar-refractivity contribution in [1.82, 2.24) is 15.0 Å². The number of hydrogen-bond donors (Lipinski definition) is 0. The number of nitrogens with zero attached hydrogens (tertiary/aromatic N) is 3. The number of halogens is 1. The Balaban J connectivity index is 2.29. The summed E-state index contributed by atoms with van der Waals surface area (Å²) < 4.78 is 4.99. The topological polar surface area (TPSA) is 47.9 Å². The highest BCUT2D eigenvalue weighted by molar-refractivity contribution is 6.28. The van der Waals surface area contributed by atoms with Crippen LogP contribution in [0.3, 0.4) is 0 Å². The second kappa shape index (κ2) is 5.97. The van der Waals surface area contributed by atoms with E-state index in [-0.39, 0.29) is 11.3 Å². The van der Waals surface area contributed by atoms with Crippen molar-refractivity contribution in [3.63, 3.8) is 0 Å². The molecule has 1 aromatic carbocycles. The standard InChI is InChI=1S/C14H16ClN3O/c1-9(2)8-10-4-6-11(7-5-10)12-16-13(15)18-14(17-12)19-3/h4-7,9H,8H2,1-3H3. The van der Waals surface area contributed by atoms with E-state index in [1.807, 2.05) is 12.1 Å². The molecule has 0 spiro atoms. The van der Waals surface area contributed by atoms with Gasteiger partial charge in [0.1, 0.15) is 0 Å². The van der Waals surface area contributed by atoms with Gasteiger partial charge in [-0.3, -0.25) is 0 Å². The molecule has 100 valence electrons. The fourth-order valence-electron chi connectivity index (χ4n) is 1.81. The fraction of sp³-hybridized carbons (Fsp3) is 0.357. The van der Waals surface area contributed by atoms with Crippen molar-refractivity contribution in [1.29, 1.82) is 0 Å². The van der Waals surface area contributed by atoms with Gasteiger partial charge < -0.3 is 4.74 Å². The molecule has 5 heteroatoms. The van der Waals surface area contributed by atoms with Gasteiger partial charge in [0, 0.05) is 5.56 Å². The molecule has 0 aliphatic carbocycles. The van der Waals surface area contributed by atoms with Crippen LogP contribution in [0.25, 0.3) is 11.4 Å². The van der Waals surface area contributed by atoms with Crippen molar-refractivity contribution >= 4 is 11.6 Å². The first kappa shape index (κ1) is 13.7. The molecule has 0 saturated carbocycles. The Labute approximate surface area is 117 Å². The molecular formula is C14H16ClN3O. The maximum Gasteiger partial charge on any atom is 0.321 e. The van der Waals surface area contributed by atoms with E-state index in [1.54, 1.807) is 0 Å². The Bertz CT molecular complexity index is 555. The van der Waals surface area contributed by atoms with E-state index in [0.29, 0.717) is 11.7 Å². The van der Waals surface area contributed by atoms with E-state index in [2.05, 4.69) is 40.9 Å². The van der Waals surface area contributed by atoms with Gasteiger partial charge in [0.25, 0.3) is 0 Å². The normalized spacial score (nSPS) is 10.8. The quantitative estimate of drug-likeness (QED) is 0.859. The maximum atomic E-state index is 5.84. The number of rotatable bonds is 4. The summed E-state index contributed by atoms with van der Waals surface area (Å²) in [6, 6.07) is 8.37. The van der Waals surface area contributed by atoms with E-state index in [1.165, 1.54) is 12.7 Å². The van der Waals surface area contributed by atoms with Crippen LogP contribution in [-0.2, 0) is 6.42 Å². The summed E-state index contributed by atoms with van der Waals surface area (Å²) in [6.45, 7) is 4.40. The zero-order chi connectivity index (χ0) is 13.8. The summed E-state index contributed by atoms with van der Waals surface area (Å²) in [5.74, 6) is 1.16. The molecule has 0 amide bonds. The minimum atomic E-state index is 0.133. The second-order valence-electron chi connectivity index (χ2n) is 4.71. The lowest BCUT2D eigenvalue weighted by molar-refractivity contribution is 0.379. The molecule has 0 bridgehead atoms. The number of aromatic nitrogens is 3. The van der Waals surface area contributed by atoms with Gasteiger partial charge in [0.2, 0.25) is 5.28 Å². The molecule has 1 heterocycles. The van der Waals surface area contributed by atoms with Crippen LogP contribution < -0.4 is 4.74 Å². The Hall–Kier alpha value is -1.68. The molecule has 1 aromatic heterocycles. The molecule has 0 radical (unpaired) electrons. The lowest BCUT2D eigenvalue weighted by Crippen LogP contribution is -1.98. The van der Waals surface area contributed by atoms with Crippen molar-refractivity contribution in [3.8, 4) is 17.4 Å². The molecule has 19 heavy (non-hydrogen) atoms. The summed E-state index contributed by atoms with van der Waals surface area (Å²) in [6.07, 6.45) is 1.06. The molecule has 4 nitrogen and oxygen atoms in total. The molecule has 2 rings (SSSR count). The number of methoxy groups -OCH3 is 1. The summed E-state index contributed by atoms with van der Waals surface area (Å²) in [5.41, 5.74) is 2.20. The highest BCUT2D eigenvalue weighted by Gasteiger charge is 2.07. The van der Waals surface area contributed by atoms with Crippen molar-refractivity contribution < 1.29 is 4.74 Å². The molecule has 0 N–H and O–H groups in total. The molecule has 0 saturated heterocycles. The highest BCUT2D eigenvalue weighted by Crippen LogP contribution is 2.20. The van der Waals surface area contributed by atoms with E-state index < -0.39 is 0 Å². The summed E-state index contributed by atoms with van der Waals surface area (Å²) >= 11 is 5.84. The van der Waals surface area contributed by atoms with Gasteiger partial charge in [0.15, 0.2) is 5.82 Å². The third kappa shape index (κ3) is 3.64. The predicted octanol–water partition coefficient (Wildman–Crippen LogP) is 3.40. The Morgan fingerprint density at radius 3 is 2.37 bits per heavy atom. The third-order valence-corrected chi connectivity index (χ3v) is 2.80. The van der Waals surface area contributed by atoms with Crippen molar-refractivity contribution in [2.24, 2.45) is 5.92 Å². The molecule has 0 aliphatic rings. The second-order valence-corrected chi connectivity index (χ2v) is 5.05. The predicted molar refractivity (Wildman–Crippen MR) is 75.4 cm³/mol. The smallest absolute Gasteiger partial charge is 0.321 e. The van der Waals surface area contributed by atoms with E-state index in [4.69, 9.17) is 16.3 Å². The van der Waals surface area contributed by atoms with Gasteiger partial charge in [-0.15, -0.1) is 0 Å². The molecule has 0 aliphatic heterocycles. The highest BCUT2D eigenvalue weighted by atomic mass is 35.5. The van der Waals surface area contributed by atoms with E-state index >= 15 is 0 Å². The van der Waals surface area contributed by atoms with Gasteiger partial charge in [-0.25, -0.2) is 0 Å². The van der Waals surface area contributed by atoms with Crippen LogP contribution in [0.1, 0.15) is 19.4 Å². The molecule has 0 unspecified atom stereocenters. The minimum absolute atomic E-state index is 0.133. The molecule has 0 fully saturated rings. The largest absolute Gasteiger partial charge is 0.467 e. The van der Waals surface area contributed by atoms with E-state index in [9.17, 15) is 0 Å². The average Bonchev–Trinajstić information content (AvgIpc) is 2.38. The maximum absolute atomic E-state index is 5.84. The number of hydrogen-bond acceptors (Lipinski definition) is 4. The zero-order valence-corrected chi connectivity index (χ0v) is 12.0. The van der Waals surface area contributed by atoms with Gasteiger partial charge in [-0.1, -0.05) is 38.1 Å². The monoisotopic (exact) mass is 277 g/mol. The van der Waals surface area contributed by atoms with Crippen LogP contribution in [0.4, 0.5) is 0 Å². The van der Waals surface area contributed by atoms with Crippen LogP contribution in [0, 0.1) is 5.92 Å². The van der Waals surface area contributed by atoms with Gasteiger partial charge in [-0.05, 0) is 29.5 Å². The third-order valence-electron chi connectivity index (χ3n) is 2.63. The summed E-state index contributed by atoms with van der Waals surface area (Å²) in [7, 11) is 1.50. The summed E-state index contributed by atoms with van der Waals surface area (Å²) in [5, 5.41) is 0.133. The minimum Gasteiger partial charge on any atom is -0.467 e. The van der Waals surface area contributed by atoms with Crippen LogP contribution in [0.15, 0.2) is 24.3 Å². The molecule has 0 atom stereocenters. The van der Waals surface area contributed by atoms with Crippen LogP contribution in [0.2, 0.25) is 5.28 Å². The van der Waals surface area contributed by atoms with Gasteiger partial charge >= 0.3 is 6.01 Å². The van der Waals surface area contributed by atoms with Crippen molar-refractivity contribution in [2.75, 3.05) is 7.11 Å². The lowest BCUT2D eigenvalue weighted by Gasteiger charge is -2.06. The zero-order valence-electron chi connectivity index (χ0n) is 11.2. The Morgan fingerprint density at radius 2 is 1.79 bits per heavy atom. The molecular weight excluding hydrogens is 262 g/mol. The number of ether oxygens (including phenoxy) is 1. The van der Waals surface area contributed by atoms with Crippen molar-refractivity contribution in [2.45, 2.75) is 20.3 Å². The van der Waals surface area contributed by atoms with Gasteiger partial charge in [0.05, 0.1) is 7.11 Å². The van der Waals surface area contributed by atoms with Crippen molar-refractivity contribution in [3.05, 3.63) is 35.1 Å². The fourth-order valence-corrected chi connectivity index (χ4v) is 1.97. The van der Waals surface area contributed by atoms with E-state index in [0.717, 1.165) is 12.0 Å². The Morgan fingerprint density at radius 1 is 1.11 bits per heavy atom. The Kier molecular flexibility index (Phi) is 4.32. The summed E-state index contributed by atoms with van der Waals surface area (Å²) in [4.78, 5) is 12.1. The molecule has 2 aromatic rings. The first-order valence-electron chi connectivity index (χ1n) is 6.13. The average molecular weight is 278 g/mol. The lowest BCUT2D eigenvalue weighted by atomic mass is 10.0. The van der Waals surface area contributed by atoms with Crippen LogP contribution in [-0.4, -0.2) is 22.1 Å². The SMILES string of the molecule is COc1nc(Cl)nc(-c2ccc(CC(C)C)cc2)n1.